The van der Waals surface area contributed by atoms with Crippen molar-refractivity contribution in [2.45, 2.75) is 31.5 Å². The molecule has 10 heteroatoms. The molecule has 0 spiro atoms. The van der Waals surface area contributed by atoms with Crippen molar-refractivity contribution in [3.05, 3.63) is 27.2 Å². The smallest absolute Gasteiger partial charge is 0.233 e. The van der Waals surface area contributed by atoms with Crippen LogP contribution in [0.3, 0.4) is 0 Å². The van der Waals surface area contributed by atoms with E-state index in [-0.39, 0.29) is 24.0 Å². The highest BCUT2D eigenvalue weighted by atomic mass is 35.5. The maximum absolute atomic E-state index is 12.4. The molecule has 0 atom stereocenters. The van der Waals surface area contributed by atoms with E-state index in [2.05, 4.69) is 10.2 Å². The van der Waals surface area contributed by atoms with Gasteiger partial charge in [-0.05, 0) is 19.1 Å². The van der Waals surface area contributed by atoms with Crippen molar-refractivity contribution in [2.24, 2.45) is 12.8 Å². The predicted molar refractivity (Wildman–Crippen MR) is 99.7 cm³/mol. The number of thiophene rings is 1. The Kier molecular flexibility index (Phi) is 7.27. The Morgan fingerprint density at radius 3 is 2.76 bits per heavy atom. The average Bonchev–Trinajstić information content (AvgIpc) is 3.14. The highest BCUT2D eigenvalue weighted by Gasteiger charge is 2.16. The summed E-state index contributed by atoms with van der Waals surface area (Å²) in [6.07, 6.45) is 0.663. The lowest BCUT2D eigenvalue weighted by atomic mass is 10.3. The van der Waals surface area contributed by atoms with Crippen LogP contribution in [0.15, 0.2) is 17.3 Å². The first-order valence-electron chi connectivity index (χ1n) is 7.72. The first-order chi connectivity index (χ1) is 11.9. The van der Waals surface area contributed by atoms with Crippen molar-refractivity contribution in [3.8, 4) is 0 Å². The normalized spacial score (nSPS) is 10.8. The van der Waals surface area contributed by atoms with E-state index >= 15 is 0 Å². The van der Waals surface area contributed by atoms with E-state index in [9.17, 15) is 9.59 Å². The Hall–Kier alpha value is -1.58. The number of hydrogen-bond acceptors (Lipinski definition) is 6. The molecular weight excluding hydrogens is 382 g/mol. The molecule has 2 rings (SSSR count). The maximum atomic E-state index is 12.4. The van der Waals surface area contributed by atoms with E-state index in [4.69, 9.17) is 17.3 Å². The first kappa shape index (κ1) is 19.7. The van der Waals surface area contributed by atoms with Crippen LogP contribution in [0.5, 0.6) is 0 Å². The van der Waals surface area contributed by atoms with Gasteiger partial charge in [0, 0.05) is 31.3 Å². The Bertz CT molecular complexity index is 746. The molecule has 0 fully saturated rings. The van der Waals surface area contributed by atoms with Gasteiger partial charge in [0.25, 0.3) is 0 Å². The fourth-order valence-corrected chi connectivity index (χ4v) is 4.08. The van der Waals surface area contributed by atoms with Gasteiger partial charge in [-0.25, -0.2) is 0 Å². The predicted octanol–water partition coefficient (Wildman–Crippen LogP) is 2.09. The lowest BCUT2D eigenvalue weighted by molar-refractivity contribution is -0.128. The number of halogens is 1. The number of aryl methyl sites for hydroxylation is 1. The van der Waals surface area contributed by atoms with Gasteiger partial charge >= 0.3 is 0 Å². The summed E-state index contributed by atoms with van der Waals surface area (Å²) in [5, 5.41) is 8.77. The van der Waals surface area contributed by atoms with Crippen molar-refractivity contribution in [3.63, 3.8) is 0 Å². The van der Waals surface area contributed by atoms with Crippen LogP contribution < -0.4 is 5.73 Å². The molecular formula is C15H20ClN5O2S2. The van der Waals surface area contributed by atoms with E-state index in [0.717, 1.165) is 9.21 Å². The number of carbonyl (C=O) groups is 2. The minimum Gasteiger partial charge on any atom is -0.370 e. The van der Waals surface area contributed by atoms with Gasteiger partial charge in [-0.1, -0.05) is 23.4 Å². The zero-order valence-corrected chi connectivity index (χ0v) is 16.5. The molecule has 2 aromatic heterocycles. The molecule has 0 aliphatic heterocycles. The second kappa shape index (κ2) is 9.21. The van der Waals surface area contributed by atoms with Crippen LogP contribution in [0.1, 0.15) is 24.0 Å². The first-order valence-corrected chi connectivity index (χ1v) is 9.90. The summed E-state index contributed by atoms with van der Waals surface area (Å²) in [5.41, 5.74) is 5.15. The molecule has 2 heterocycles. The zero-order chi connectivity index (χ0) is 18.4. The van der Waals surface area contributed by atoms with Gasteiger partial charge in [-0.2, -0.15) is 0 Å². The largest absolute Gasteiger partial charge is 0.370 e. The Balaban J connectivity index is 1.90. The topological polar surface area (TPSA) is 94.1 Å². The van der Waals surface area contributed by atoms with Crippen LogP contribution in [0.25, 0.3) is 0 Å². The van der Waals surface area contributed by atoms with Crippen LogP contribution in [-0.2, 0) is 29.6 Å². The average molecular weight is 402 g/mol. The molecule has 0 saturated carbocycles. The molecule has 0 saturated heterocycles. The van der Waals surface area contributed by atoms with E-state index in [1.807, 2.05) is 26.1 Å². The van der Waals surface area contributed by atoms with Crippen LogP contribution in [0, 0.1) is 0 Å². The highest BCUT2D eigenvalue weighted by Crippen LogP contribution is 2.23. The Labute approximate surface area is 159 Å². The van der Waals surface area contributed by atoms with Crippen LogP contribution in [0.2, 0.25) is 4.34 Å². The Morgan fingerprint density at radius 2 is 2.16 bits per heavy atom. The third kappa shape index (κ3) is 5.72. The number of nitrogens with two attached hydrogens (primary N) is 1. The van der Waals surface area contributed by atoms with E-state index < -0.39 is 0 Å². The molecule has 2 amide bonds. The Morgan fingerprint density at radius 1 is 1.40 bits per heavy atom. The van der Waals surface area contributed by atoms with E-state index in [1.165, 1.54) is 23.1 Å². The second-order valence-electron chi connectivity index (χ2n) is 5.33. The molecule has 2 aromatic rings. The van der Waals surface area contributed by atoms with E-state index in [0.29, 0.717) is 30.5 Å². The number of aromatic nitrogens is 3. The molecule has 0 aromatic carbocycles. The third-order valence-corrected chi connectivity index (χ3v) is 5.78. The van der Waals surface area contributed by atoms with Crippen LogP contribution >= 0.6 is 34.7 Å². The zero-order valence-electron chi connectivity index (χ0n) is 14.1. The standard InChI is InChI=1S/C15H20ClN5O2S2/c1-3-21(8-10-4-5-11(16)25-10)14(23)9-24-15-19-18-13(20(15)2)7-6-12(17)22/h4-5H,3,6-9H2,1-2H3,(H2,17,22). The van der Waals surface area contributed by atoms with Gasteiger partial charge in [0.1, 0.15) is 5.82 Å². The number of primary amides is 1. The minimum atomic E-state index is -0.375. The summed E-state index contributed by atoms with van der Waals surface area (Å²) in [6, 6.07) is 3.77. The van der Waals surface area contributed by atoms with Gasteiger partial charge < -0.3 is 15.2 Å². The van der Waals surface area contributed by atoms with Gasteiger partial charge in [0.15, 0.2) is 5.16 Å². The summed E-state index contributed by atoms with van der Waals surface area (Å²) in [4.78, 5) is 26.1. The number of nitrogens with zero attached hydrogens (tertiary/aromatic N) is 4. The summed E-state index contributed by atoms with van der Waals surface area (Å²) < 4.78 is 2.51. The quantitative estimate of drug-likeness (QED) is 0.649. The number of rotatable bonds is 9. The van der Waals surface area contributed by atoms with Gasteiger partial charge in [-0.3, -0.25) is 9.59 Å². The second-order valence-corrected chi connectivity index (χ2v) is 8.07. The third-order valence-electron chi connectivity index (χ3n) is 3.55. The molecule has 7 nitrogen and oxygen atoms in total. The fraction of sp³-hybridized carbons (Fsp3) is 0.467. The molecule has 0 aliphatic rings. The number of carbonyl (C=O) groups excluding carboxylic acids is 2. The molecule has 2 N–H and O–H groups in total. The number of thioether (sulfide) groups is 1. The summed E-state index contributed by atoms with van der Waals surface area (Å²) in [6.45, 7) is 3.12. The number of amides is 2. The van der Waals surface area contributed by atoms with Gasteiger partial charge in [0.2, 0.25) is 11.8 Å². The number of hydrogen-bond donors (Lipinski definition) is 1. The lowest BCUT2D eigenvalue weighted by Crippen LogP contribution is -2.31. The summed E-state index contributed by atoms with van der Waals surface area (Å²) in [7, 11) is 1.81. The molecule has 25 heavy (non-hydrogen) atoms. The molecule has 0 unspecified atom stereocenters. The van der Waals surface area contributed by atoms with Crippen molar-refractivity contribution in [1.29, 1.82) is 0 Å². The lowest BCUT2D eigenvalue weighted by Gasteiger charge is -2.19. The molecule has 0 radical (unpaired) electrons. The minimum absolute atomic E-state index is 0.0266. The monoisotopic (exact) mass is 401 g/mol. The molecule has 0 bridgehead atoms. The van der Waals surface area contributed by atoms with E-state index in [1.54, 1.807) is 9.47 Å². The summed E-state index contributed by atoms with van der Waals surface area (Å²) in [5.74, 6) is 0.599. The SMILES string of the molecule is CCN(Cc1ccc(Cl)s1)C(=O)CSc1nnc(CCC(N)=O)n1C. The van der Waals surface area contributed by atoms with Crippen molar-refractivity contribution >= 4 is 46.5 Å². The van der Waals surface area contributed by atoms with Gasteiger partial charge in [0.05, 0.1) is 16.6 Å². The van der Waals surface area contributed by atoms with Crippen molar-refractivity contribution < 1.29 is 9.59 Å². The molecule has 136 valence electrons. The highest BCUT2D eigenvalue weighted by molar-refractivity contribution is 7.99. The van der Waals surface area contributed by atoms with Gasteiger partial charge in [-0.15, -0.1) is 21.5 Å². The summed E-state index contributed by atoms with van der Waals surface area (Å²) >= 11 is 8.74. The maximum Gasteiger partial charge on any atom is 0.233 e. The van der Waals surface area contributed by atoms with Crippen molar-refractivity contribution in [2.75, 3.05) is 12.3 Å². The fourth-order valence-electron chi connectivity index (χ4n) is 2.14. The molecule has 0 aliphatic carbocycles. The van der Waals surface area contributed by atoms with Crippen LogP contribution in [0.4, 0.5) is 0 Å². The van der Waals surface area contributed by atoms with Crippen LogP contribution in [-0.4, -0.2) is 43.8 Å². The van der Waals surface area contributed by atoms with Crippen molar-refractivity contribution in [1.82, 2.24) is 19.7 Å².